The number of benzene rings is 1. The van der Waals surface area contributed by atoms with Crippen LogP contribution in [0.2, 0.25) is 5.02 Å². The molecule has 1 saturated carbocycles. The highest BCUT2D eigenvalue weighted by Crippen LogP contribution is 2.32. The molecule has 1 heterocycles. The third kappa shape index (κ3) is 3.56. The molecule has 1 aromatic rings. The first-order chi connectivity index (χ1) is 10.1. The number of halogens is 1. The monoisotopic (exact) mass is 306 g/mol. The number of rotatable bonds is 3. The molecular formula is C16H19ClN2O2. The summed E-state index contributed by atoms with van der Waals surface area (Å²) < 4.78 is 0. The maximum Gasteiger partial charge on any atom is 0.227 e. The molecule has 0 aromatic heterocycles. The van der Waals surface area contributed by atoms with E-state index in [0.29, 0.717) is 18.1 Å². The molecule has 2 amide bonds. The number of carbonyl (C=O) groups is 2. The van der Waals surface area contributed by atoms with Crippen molar-refractivity contribution in [3.63, 3.8) is 0 Å². The van der Waals surface area contributed by atoms with Crippen LogP contribution in [0.5, 0.6) is 0 Å². The average Bonchev–Trinajstić information content (AvgIpc) is 3.31. The van der Waals surface area contributed by atoms with Gasteiger partial charge in [-0.25, -0.2) is 0 Å². The van der Waals surface area contributed by atoms with E-state index in [1.165, 1.54) is 0 Å². The molecule has 1 aliphatic heterocycles. The van der Waals surface area contributed by atoms with Crippen LogP contribution in [-0.4, -0.2) is 29.8 Å². The topological polar surface area (TPSA) is 49.4 Å². The van der Waals surface area contributed by atoms with Gasteiger partial charge >= 0.3 is 0 Å². The predicted octanol–water partition coefficient (Wildman–Crippen LogP) is 2.93. The molecule has 0 unspecified atom stereocenters. The van der Waals surface area contributed by atoms with Crippen LogP contribution in [0.4, 0.5) is 5.69 Å². The number of hydrogen-bond acceptors (Lipinski definition) is 2. The van der Waals surface area contributed by atoms with Gasteiger partial charge < -0.3 is 10.2 Å². The van der Waals surface area contributed by atoms with Crippen molar-refractivity contribution in [3.05, 3.63) is 29.3 Å². The molecule has 0 atom stereocenters. The van der Waals surface area contributed by atoms with Gasteiger partial charge in [-0.05, 0) is 43.9 Å². The smallest absolute Gasteiger partial charge is 0.227 e. The minimum Gasteiger partial charge on any atom is -0.342 e. The van der Waals surface area contributed by atoms with Crippen molar-refractivity contribution in [2.24, 2.45) is 11.8 Å². The number of carbonyl (C=O) groups excluding carboxylic acids is 2. The van der Waals surface area contributed by atoms with Crippen molar-refractivity contribution in [2.75, 3.05) is 18.4 Å². The highest BCUT2D eigenvalue weighted by atomic mass is 35.5. The van der Waals surface area contributed by atoms with E-state index in [0.717, 1.165) is 31.4 Å². The number of nitrogens with zero attached hydrogens (tertiary/aromatic N) is 1. The van der Waals surface area contributed by atoms with Crippen LogP contribution in [0.3, 0.4) is 0 Å². The zero-order valence-electron chi connectivity index (χ0n) is 11.8. The van der Waals surface area contributed by atoms with Gasteiger partial charge in [-0.15, -0.1) is 0 Å². The zero-order valence-corrected chi connectivity index (χ0v) is 12.6. The average molecular weight is 307 g/mol. The number of piperidine rings is 1. The number of amides is 2. The predicted molar refractivity (Wildman–Crippen MR) is 82.1 cm³/mol. The molecule has 21 heavy (non-hydrogen) atoms. The van der Waals surface area contributed by atoms with Crippen LogP contribution in [-0.2, 0) is 9.59 Å². The summed E-state index contributed by atoms with van der Waals surface area (Å²) in [5.41, 5.74) is 0.726. The second-order valence-electron chi connectivity index (χ2n) is 5.87. The summed E-state index contributed by atoms with van der Waals surface area (Å²) >= 11 is 5.91. The van der Waals surface area contributed by atoms with Crippen LogP contribution in [0, 0.1) is 11.8 Å². The first-order valence-corrected chi connectivity index (χ1v) is 7.86. The maximum absolute atomic E-state index is 12.2. The second kappa shape index (κ2) is 6.06. The largest absolute Gasteiger partial charge is 0.342 e. The summed E-state index contributed by atoms with van der Waals surface area (Å²) in [6.45, 7) is 1.39. The van der Waals surface area contributed by atoms with Crippen molar-refractivity contribution in [2.45, 2.75) is 25.7 Å². The molecule has 0 bridgehead atoms. The van der Waals surface area contributed by atoms with E-state index in [1.54, 1.807) is 12.1 Å². The Labute approximate surface area is 129 Å². The Kier molecular flexibility index (Phi) is 4.15. The van der Waals surface area contributed by atoms with Gasteiger partial charge in [-0.3, -0.25) is 9.59 Å². The van der Waals surface area contributed by atoms with Gasteiger partial charge in [-0.2, -0.15) is 0 Å². The first-order valence-electron chi connectivity index (χ1n) is 7.49. The molecule has 4 nitrogen and oxygen atoms in total. The fourth-order valence-corrected chi connectivity index (χ4v) is 2.95. The van der Waals surface area contributed by atoms with Crippen LogP contribution in [0.1, 0.15) is 25.7 Å². The van der Waals surface area contributed by atoms with E-state index in [4.69, 9.17) is 11.6 Å². The normalized spacial score (nSPS) is 19.4. The van der Waals surface area contributed by atoms with Gasteiger partial charge in [0.1, 0.15) is 0 Å². The lowest BCUT2D eigenvalue weighted by atomic mass is 9.95. The molecule has 2 aliphatic rings. The summed E-state index contributed by atoms with van der Waals surface area (Å²) in [4.78, 5) is 26.1. The summed E-state index contributed by atoms with van der Waals surface area (Å²) in [6.07, 6.45) is 3.55. The highest BCUT2D eigenvalue weighted by Gasteiger charge is 2.35. The molecule has 0 spiro atoms. The van der Waals surface area contributed by atoms with Crippen molar-refractivity contribution in [3.8, 4) is 0 Å². The summed E-state index contributed by atoms with van der Waals surface area (Å²) in [5, 5.41) is 3.51. The SMILES string of the molecule is O=C(Nc1cccc(Cl)c1)C1CCN(C(=O)C2CC2)CC1. The standard InChI is InChI=1S/C16H19ClN2O2/c17-13-2-1-3-14(10-13)18-15(20)11-6-8-19(9-7-11)16(21)12-4-5-12/h1-3,10-12H,4-9H2,(H,18,20). The Morgan fingerprint density at radius 1 is 1.10 bits per heavy atom. The third-order valence-electron chi connectivity index (χ3n) is 4.20. The first kappa shape index (κ1) is 14.4. The van der Waals surface area contributed by atoms with Gasteiger partial charge in [0, 0.05) is 35.6 Å². The molecule has 112 valence electrons. The molecule has 3 rings (SSSR count). The Morgan fingerprint density at radius 3 is 2.43 bits per heavy atom. The number of likely N-dealkylation sites (tertiary alicyclic amines) is 1. The second-order valence-corrected chi connectivity index (χ2v) is 6.31. The molecule has 5 heteroatoms. The van der Waals surface area contributed by atoms with E-state index >= 15 is 0 Å². The molecular weight excluding hydrogens is 288 g/mol. The summed E-state index contributed by atoms with van der Waals surface area (Å²) in [7, 11) is 0. The van der Waals surface area contributed by atoms with E-state index in [2.05, 4.69) is 5.32 Å². The van der Waals surface area contributed by atoms with E-state index in [-0.39, 0.29) is 23.7 Å². The van der Waals surface area contributed by atoms with E-state index in [9.17, 15) is 9.59 Å². The Bertz CT molecular complexity index is 549. The quantitative estimate of drug-likeness (QED) is 0.933. The summed E-state index contributed by atoms with van der Waals surface area (Å²) in [6, 6.07) is 7.16. The molecule has 1 aromatic carbocycles. The van der Waals surface area contributed by atoms with Crippen LogP contribution < -0.4 is 5.32 Å². The molecule has 0 radical (unpaired) electrons. The van der Waals surface area contributed by atoms with Crippen LogP contribution in [0.15, 0.2) is 24.3 Å². The van der Waals surface area contributed by atoms with Gasteiger partial charge in [0.15, 0.2) is 0 Å². The lowest BCUT2D eigenvalue weighted by Crippen LogP contribution is -2.42. The summed E-state index contributed by atoms with van der Waals surface area (Å²) in [5.74, 6) is 0.550. The minimum atomic E-state index is -0.0211. The Hall–Kier alpha value is -1.55. The number of nitrogens with one attached hydrogen (secondary N) is 1. The molecule has 1 aliphatic carbocycles. The lowest BCUT2D eigenvalue weighted by Gasteiger charge is -2.31. The molecule has 2 fully saturated rings. The van der Waals surface area contributed by atoms with Crippen molar-refractivity contribution >= 4 is 29.1 Å². The maximum atomic E-state index is 12.2. The number of anilines is 1. The number of hydrogen-bond donors (Lipinski definition) is 1. The van der Waals surface area contributed by atoms with Gasteiger partial charge in [0.2, 0.25) is 11.8 Å². The van der Waals surface area contributed by atoms with Crippen molar-refractivity contribution in [1.29, 1.82) is 0 Å². The van der Waals surface area contributed by atoms with Gasteiger partial charge in [0.05, 0.1) is 0 Å². The Balaban J connectivity index is 1.51. The fraction of sp³-hybridized carbons (Fsp3) is 0.500. The minimum absolute atomic E-state index is 0.0211. The fourth-order valence-electron chi connectivity index (χ4n) is 2.76. The van der Waals surface area contributed by atoms with Crippen molar-refractivity contribution in [1.82, 2.24) is 4.90 Å². The van der Waals surface area contributed by atoms with Crippen LogP contribution >= 0.6 is 11.6 Å². The third-order valence-corrected chi connectivity index (χ3v) is 4.43. The molecule has 1 N–H and O–H groups in total. The molecule has 1 saturated heterocycles. The lowest BCUT2D eigenvalue weighted by molar-refractivity contribution is -0.135. The zero-order chi connectivity index (χ0) is 14.8. The van der Waals surface area contributed by atoms with Gasteiger partial charge in [-0.1, -0.05) is 17.7 Å². The van der Waals surface area contributed by atoms with Gasteiger partial charge in [0.25, 0.3) is 0 Å². The van der Waals surface area contributed by atoms with E-state index in [1.807, 2.05) is 17.0 Å². The Morgan fingerprint density at radius 2 is 1.81 bits per heavy atom. The van der Waals surface area contributed by atoms with E-state index < -0.39 is 0 Å². The highest BCUT2D eigenvalue weighted by molar-refractivity contribution is 6.30. The van der Waals surface area contributed by atoms with Crippen LogP contribution in [0.25, 0.3) is 0 Å². The van der Waals surface area contributed by atoms with Crippen molar-refractivity contribution < 1.29 is 9.59 Å².